The topological polar surface area (TPSA) is 61.1 Å². The number of carbonyl (C=O) groups is 1. The highest BCUT2D eigenvalue weighted by Gasteiger charge is 2.31. The molecule has 0 aliphatic heterocycles. The van der Waals surface area contributed by atoms with Gasteiger partial charge in [-0.25, -0.2) is 0 Å². The van der Waals surface area contributed by atoms with Gasteiger partial charge in [0.25, 0.3) is 0 Å². The van der Waals surface area contributed by atoms with Crippen LogP contribution in [0.1, 0.15) is 52.4 Å². The van der Waals surface area contributed by atoms with E-state index in [4.69, 9.17) is 5.26 Å². The number of nitriles is 1. The molecular formula is C13H21NO2. The zero-order chi connectivity index (χ0) is 12.2. The first-order valence-corrected chi connectivity index (χ1v) is 6.10. The zero-order valence-electron chi connectivity index (χ0n) is 10.2. The number of rotatable bonds is 4. The Bertz CT molecular complexity index is 279. The Morgan fingerprint density at radius 1 is 1.44 bits per heavy atom. The van der Waals surface area contributed by atoms with E-state index >= 15 is 0 Å². The average molecular weight is 223 g/mol. The third-order valence-corrected chi connectivity index (χ3v) is 3.47. The molecule has 90 valence electrons. The minimum atomic E-state index is -1.30. The molecule has 0 aromatic carbocycles. The first-order valence-electron chi connectivity index (χ1n) is 6.10. The lowest BCUT2D eigenvalue weighted by Crippen LogP contribution is -2.34. The molecule has 1 rings (SSSR count). The van der Waals surface area contributed by atoms with Crippen molar-refractivity contribution in [1.82, 2.24) is 0 Å². The molecule has 1 aliphatic carbocycles. The molecule has 1 atom stereocenters. The summed E-state index contributed by atoms with van der Waals surface area (Å²) in [6.07, 6.45) is 5.88. The van der Waals surface area contributed by atoms with Crippen LogP contribution in [0.15, 0.2) is 0 Å². The molecule has 1 aliphatic rings. The summed E-state index contributed by atoms with van der Waals surface area (Å²) < 4.78 is 0. The van der Waals surface area contributed by atoms with Crippen molar-refractivity contribution in [3.63, 3.8) is 0 Å². The van der Waals surface area contributed by atoms with Crippen LogP contribution in [-0.4, -0.2) is 16.5 Å². The number of hydrogen-bond donors (Lipinski definition) is 1. The number of Topliss-reactive ketones (excluding diaryl/α,β-unsaturated/α-hetero) is 1. The molecule has 0 saturated heterocycles. The molecule has 0 radical (unpaired) electrons. The van der Waals surface area contributed by atoms with Crippen LogP contribution < -0.4 is 0 Å². The van der Waals surface area contributed by atoms with Gasteiger partial charge in [0.2, 0.25) is 0 Å². The van der Waals surface area contributed by atoms with E-state index in [0.717, 1.165) is 12.8 Å². The highest BCUT2D eigenvalue weighted by molar-refractivity contribution is 5.86. The second kappa shape index (κ2) is 5.45. The molecule has 0 unspecified atom stereocenters. The van der Waals surface area contributed by atoms with Crippen molar-refractivity contribution >= 4 is 5.78 Å². The maximum atomic E-state index is 11.7. The van der Waals surface area contributed by atoms with Crippen LogP contribution in [0.4, 0.5) is 0 Å². The Balaban J connectivity index is 2.55. The molecule has 1 N–H and O–H groups in total. The van der Waals surface area contributed by atoms with Gasteiger partial charge in [-0.3, -0.25) is 4.79 Å². The van der Waals surface area contributed by atoms with E-state index in [1.54, 1.807) is 0 Å². The maximum absolute atomic E-state index is 11.7. The second-order valence-electron chi connectivity index (χ2n) is 5.32. The van der Waals surface area contributed by atoms with E-state index in [1.165, 1.54) is 33.1 Å². The molecule has 0 aromatic rings. The Kier molecular flexibility index (Phi) is 4.49. The number of hydrogen-bond acceptors (Lipinski definition) is 3. The Morgan fingerprint density at radius 2 is 2.00 bits per heavy atom. The fraction of sp³-hybridized carbons (Fsp3) is 0.846. The Hall–Kier alpha value is -0.880. The van der Waals surface area contributed by atoms with Gasteiger partial charge < -0.3 is 5.11 Å². The second-order valence-corrected chi connectivity index (χ2v) is 5.32. The minimum Gasteiger partial charge on any atom is -0.383 e. The lowest BCUT2D eigenvalue weighted by Gasteiger charge is -2.27. The van der Waals surface area contributed by atoms with Gasteiger partial charge in [-0.1, -0.05) is 19.3 Å². The monoisotopic (exact) mass is 223 g/mol. The van der Waals surface area contributed by atoms with Crippen LogP contribution in [0.25, 0.3) is 0 Å². The van der Waals surface area contributed by atoms with Crippen molar-refractivity contribution in [1.29, 1.82) is 5.26 Å². The smallest absolute Gasteiger partial charge is 0.165 e. The van der Waals surface area contributed by atoms with Crippen LogP contribution in [-0.2, 0) is 4.79 Å². The van der Waals surface area contributed by atoms with E-state index < -0.39 is 5.60 Å². The molecule has 3 heteroatoms. The molecule has 0 heterocycles. The van der Waals surface area contributed by atoms with Crippen LogP contribution in [0.2, 0.25) is 0 Å². The molecule has 16 heavy (non-hydrogen) atoms. The van der Waals surface area contributed by atoms with E-state index in [-0.39, 0.29) is 18.1 Å². The summed E-state index contributed by atoms with van der Waals surface area (Å²) in [5.74, 6) is -0.0751. The summed E-state index contributed by atoms with van der Waals surface area (Å²) in [5.41, 5.74) is -1.30. The third kappa shape index (κ3) is 3.61. The van der Waals surface area contributed by atoms with E-state index in [9.17, 15) is 9.90 Å². The van der Waals surface area contributed by atoms with Gasteiger partial charge >= 0.3 is 0 Å². The van der Waals surface area contributed by atoms with Crippen molar-refractivity contribution in [3.05, 3.63) is 0 Å². The van der Waals surface area contributed by atoms with E-state index in [0.29, 0.717) is 5.92 Å². The molecule has 1 fully saturated rings. The molecule has 0 spiro atoms. The molecule has 1 saturated carbocycles. The van der Waals surface area contributed by atoms with Crippen LogP contribution in [0, 0.1) is 23.2 Å². The van der Waals surface area contributed by atoms with E-state index in [2.05, 4.69) is 6.07 Å². The first-order chi connectivity index (χ1) is 7.45. The van der Waals surface area contributed by atoms with Crippen LogP contribution in [0.3, 0.4) is 0 Å². The van der Waals surface area contributed by atoms with Crippen molar-refractivity contribution in [2.24, 2.45) is 11.8 Å². The Morgan fingerprint density at radius 3 is 2.44 bits per heavy atom. The van der Waals surface area contributed by atoms with Gasteiger partial charge in [0, 0.05) is 6.42 Å². The van der Waals surface area contributed by atoms with Gasteiger partial charge in [0.15, 0.2) is 5.78 Å². The van der Waals surface area contributed by atoms with E-state index in [1.807, 2.05) is 0 Å². The SMILES string of the molecule is CC(C)(O)C(=O)C[C@@H](C#N)C1CCCCC1. The summed E-state index contributed by atoms with van der Waals surface area (Å²) in [6.45, 7) is 2.98. The summed E-state index contributed by atoms with van der Waals surface area (Å²) in [4.78, 5) is 11.7. The van der Waals surface area contributed by atoms with Crippen LogP contribution in [0.5, 0.6) is 0 Å². The van der Waals surface area contributed by atoms with Gasteiger partial charge in [0.1, 0.15) is 5.60 Å². The summed E-state index contributed by atoms with van der Waals surface area (Å²) in [6, 6.07) is 2.24. The third-order valence-electron chi connectivity index (χ3n) is 3.47. The predicted octanol–water partition coefficient (Wildman–Crippen LogP) is 2.44. The molecule has 3 nitrogen and oxygen atoms in total. The fourth-order valence-corrected chi connectivity index (χ4v) is 2.30. The highest BCUT2D eigenvalue weighted by atomic mass is 16.3. The number of aliphatic hydroxyl groups is 1. The minimum absolute atomic E-state index is 0.199. The average Bonchev–Trinajstić information content (AvgIpc) is 2.25. The van der Waals surface area contributed by atoms with Gasteiger partial charge in [-0.05, 0) is 32.6 Å². The maximum Gasteiger partial charge on any atom is 0.165 e. The number of ketones is 1. The number of carbonyl (C=O) groups excluding carboxylic acids is 1. The molecular weight excluding hydrogens is 202 g/mol. The van der Waals surface area contributed by atoms with Crippen molar-refractivity contribution in [3.8, 4) is 6.07 Å². The van der Waals surface area contributed by atoms with Crippen molar-refractivity contribution < 1.29 is 9.90 Å². The number of nitrogens with zero attached hydrogens (tertiary/aromatic N) is 1. The lowest BCUT2D eigenvalue weighted by atomic mass is 9.77. The van der Waals surface area contributed by atoms with Gasteiger partial charge in [-0.2, -0.15) is 5.26 Å². The molecule has 0 aromatic heterocycles. The van der Waals surface area contributed by atoms with Gasteiger partial charge in [0.05, 0.1) is 12.0 Å². The summed E-state index contributed by atoms with van der Waals surface area (Å²) in [5, 5.41) is 18.7. The summed E-state index contributed by atoms with van der Waals surface area (Å²) >= 11 is 0. The van der Waals surface area contributed by atoms with Gasteiger partial charge in [-0.15, -0.1) is 0 Å². The zero-order valence-corrected chi connectivity index (χ0v) is 10.2. The summed E-state index contributed by atoms with van der Waals surface area (Å²) in [7, 11) is 0. The van der Waals surface area contributed by atoms with Crippen molar-refractivity contribution in [2.45, 2.75) is 58.0 Å². The highest BCUT2D eigenvalue weighted by Crippen LogP contribution is 2.32. The fourth-order valence-electron chi connectivity index (χ4n) is 2.30. The quantitative estimate of drug-likeness (QED) is 0.796. The molecule has 0 bridgehead atoms. The first kappa shape index (κ1) is 13.2. The standard InChI is InChI=1S/C13H21NO2/c1-13(2,16)12(15)8-11(9-14)10-6-4-3-5-7-10/h10-11,16H,3-8H2,1-2H3/t11-/m0/s1. The van der Waals surface area contributed by atoms with Crippen LogP contribution >= 0.6 is 0 Å². The Labute approximate surface area is 97.5 Å². The van der Waals surface area contributed by atoms with Crippen molar-refractivity contribution in [2.75, 3.05) is 0 Å². The lowest BCUT2D eigenvalue weighted by molar-refractivity contribution is -0.135. The largest absolute Gasteiger partial charge is 0.383 e. The molecule has 0 amide bonds. The predicted molar refractivity (Wildman–Crippen MR) is 61.6 cm³/mol. The normalized spacial score (nSPS) is 20.1.